The predicted molar refractivity (Wildman–Crippen MR) is 166 cm³/mol. The molecule has 0 heterocycles. The van der Waals surface area contributed by atoms with Gasteiger partial charge in [0.05, 0.1) is 0 Å². The van der Waals surface area contributed by atoms with Crippen molar-refractivity contribution in [2.24, 2.45) is 5.92 Å². The Kier molecular flexibility index (Phi) is 7.13. The summed E-state index contributed by atoms with van der Waals surface area (Å²) >= 11 is 0. The van der Waals surface area contributed by atoms with Crippen LogP contribution in [0.2, 0.25) is 0 Å². The average Bonchev–Trinajstić information content (AvgIpc) is 3.17. The Labute approximate surface area is 229 Å². The van der Waals surface area contributed by atoms with E-state index in [0.717, 1.165) is 12.8 Å². The van der Waals surface area contributed by atoms with Crippen LogP contribution in [0.15, 0.2) is 127 Å². The van der Waals surface area contributed by atoms with Crippen LogP contribution in [0.4, 0.5) is 11.4 Å². The summed E-state index contributed by atoms with van der Waals surface area (Å²) in [5, 5.41) is 0. The normalized spacial score (nSPS) is 18.3. The van der Waals surface area contributed by atoms with E-state index in [1.165, 1.54) is 56.0 Å². The Hall–Kier alpha value is -3.84. The van der Waals surface area contributed by atoms with Gasteiger partial charge in [0, 0.05) is 22.5 Å². The fourth-order valence-electron chi connectivity index (χ4n) is 6.02. The van der Waals surface area contributed by atoms with Crippen LogP contribution in [0.25, 0.3) is 16.7 Å². The van der Waals surface area contributed by atoms with Gasteiger partial charge in [-0.05, 0) is 95.0 Å². The second-order valence-corrected chi connectivity index (χ2v) is 11.0. The minimum Gasteiger partial charge on any atom is -0.311 e. The van der Waals surface area contributed by atoms with Gasteiger partial charge in [-0.1, -0.05) is 107 Å². The number of anilines is 2. The van der Waals surface area contributed by atoms with Crippen molar-refractivity contribution < 1.29 is 0 Å². The van der Waals surface area contributed by atoms with Crippen molar-refractivity contribution in [1.82, 2.24) is 0 Å². The molecule has 5 rings (SSSR count). The lowest BCUT2D eigenvalue weighted by molar-refractivity contribution is 0.654. The molecule has 2 aliphatic rings. The SMILES string of the molecule is C=CC1=C(/C(=C\C)CC)c2ccc(N(C3=CCC(C)C=C3)c3cccc(-c4ccccc4)c3)cc2C1(C)C. The van der Waals surface area contributed by atoms with E-state index in [9.17, 15) is 0 Å². The zero-order chi connectivity index (χ0) is 26.9. The third kappa shape index (κ3) is 4.52. The first-order valence-electron chi connectivity index (χ1n) is 13.9. The molecule has 0 aromatic heterocycles. The lowest BCUT2D eigenvalue weighted by Gasteiger charge is -2.31. The molecule has 0 fully saturated rings. The number of nitrogens with zero attached hydrogens (tertiary/aromatic N) is 1. The van der Waals surface area contributed by atoms with E-state index in [-0.39, 0.29) is 5.41 Å². The molecule has 0 aliphatic heterocycles. The molecule has 0 N–H and O–H groups in total. The summed E-state index contributed by atoms with van der Waals surface area (Å²) in [4.78, 5) is 2.42. The highest BCUT2D eigenvalue weighted by molar-refractivity contribution is 5.92. The summed E-state index contributed by atoms with van der Waals surface area (Å²) in [6, 6.07) is 26.6. The molecule has 0 spiro atoms. The second kappa shape index (κ2) is 10.5. The van der Waals surface area contributed by atoms with E-state index < -0.39 is 0 Å². The maximum Gasteiger partial charge on any atom is 0.0467 e. The highest BCUT2D eigenvalue weighted by Gasteiger charge is 2.37. The monoisotopic (exact) mass is 497 g/mol. The molecular formula is C37H39N. The molecule has 192 valence electrons. The first-order chi connectivity index (χ1) is 18.4. The van der Waals surface area contributed by atoms with Gasteiger partial charge in [-0.2, -0.15) is 0 Å². The van der Waals surface area contributed by atoms with Gasteiger partial charge in [0.15, 0.2) is 0 Å². The van der Waals surface area contributed by atoms with Gasteiger partial charge < -0.3 is 4.90 Å². The summed E-state index contributed by atoms with van der Waals surface area (Å²) < 4.78 is 0. The minimum absolute atomic E-state index is 0.116. The molecule has 0 bridgehead atoms. The number of hydrogen-bond donors (Lipinski definition) is 0. The predicted octanol–water partition coefficient (Wildman–Crippen LogP) is 10.6. The maximum atomic E-state index is 4.23. The summed E-state index contributed by atoms with van der Waals surface area (Å²) in [6.45, 7) is 15.6. The summed E-state index contributed by atoms with van der Waals surface area (Å²) in [5.41, 5.74) is 12.7. The largest absolute Gasteiger partial charge is 0.311 e. The molecule has 1 nitrogen and oxygen atoms in total. The molecular weight excluding hydrogens is 458 g/mol. The second-order valence-electron chi connectivity index (χ2n) is 11.0. The standard InChI is InChI=1S/C37H39N/c1-7-27(8-2)36-33-23-22-32(25-35(33)37(5,6)34(36)9-3)38(30-20-18-26(4)19-21-30)31-17-13-16-29(24-31)28-14-11-10-12-15-28/h7,9-18,20-26H,3,8,19H2,1-2,4-6H3/b27-7-. The number of rotatable bonds is 7. The number of allylic oxidation sites excluding steroid dienone is 8. The van der Waals surface area contributed by atoms with Gasteiger partial charge in [0.25, 0.3) is 0 Å². The molecule has 0 amide bonds. The molecule has 0 saturated carbocycles. The third-order valence-electron chi connectivity index (χ3n) is 8.17. The first-order valence-corrected chi connectivity index (χ1v) is 13.9. The zero-order valence-corrected chi connectivity index (χ0v) is 23.5. The highest BCUT2D eigenvalue weighted by Crippen LogP contribution is 2.51. The summed E-state index contributed by atoms with van der Waals surface area (Å²) in [7, 11) is 0. The molecule has 38 heavy (non-hydrogen) atoms. The lowest BCUT2D eigenvalue weighted by Crippen LogP contribution is -2.20. The van der Waals surface area contributed by atoms with Gasteiger partial charge >= 0.3 is 0 Å². The van der Waals surface area contributed by atoms with Crippen LogP contribution in [-0.4, -0.2) is 0 Å². The van der Waals surface area contributed by atoms with Crippen molar-refractivity contribution in [3.63, 3.8) is 0 Å². The lowest BCUT2D eigenvalue weighted by atomic mass is 9.80. The van der Waals surface area contributed by atoms with Crippen molar-refractivity contribution in [2.75, 3.05) is 4.90 Å². The smallest absolute Gasteiger partial charge is 0.0467 e. The Morgan fingerprint density at radius 3 is 2.37 bits per heavy atom. The van der Waals surface area contributed by atoms with E-state index in [1.807, 2.05) is 0 Å². The van der Waals surface area contributed by atoms with E-state index in [0.29, 0.717) is 5.92 Å². The number of benzene rings is 3. The Morgan fingerprint density at radius 1 is 0.974 bits per heavy atom. The highest BCUT2D eigenvalue weighted by atomic mass is 15.1. The Bertz CT molecular complexity index is 1480. The Balaban J connectivity index is 1.67. The number of hydrogen-bond acceptors (Lipinski definition) is 1. The topological polar surface area (TPSA) is 3.24 Å². The molecule has 1 heteroatoms. The van der Waals surface area contributed by atoms with Crippen molar-refractivity contribution in [2.45, 2.75) is 52.9 Å². The van der Waals surface area contributed by atoms with E-state index in [2.05, 4.69) is 149 Å². The van der Waals surface area contributed by atoms with Crippen LogP contribution in [0.1, 0.15) is 58.6 Å². The zero-order valence-electron chi connectivity index (χ0n) is 23.5. The van der Waals surface area contributed by atoms with Crippen LogP contribution in [0, 0.1) is 5.92 Å². The van der Waals surface area contributed by atoms with Crippen molar-refractivity contribution in [3.8, 4) is 11.1 Å². The van der Waals surface area contributed by atoms with Crippen molar-refractivity contribution >= 4 is 16.9 Å². The van der Waals surface area contributed by atoms with Gasteiger partial charge in [-0.3, -0.25) is 0 Å². The van der Waals surface area contributed by atoms with Crippen LogP contribution in [0.3, 0.4) is 0 Å². The first kappa shape index (κ1) is 25.8. The van der Waals surface area contributed by atoms with E-state index in [1.54, 1.807) is 0 Å². The molecule has 1 unspecified atom stereocenters. The Morgan fingerprint density at radius 2 is 1.71 bits per heavy atom. The molecule has 1 atom stereocenters. The van der Waals surface area contributed by atoms with E-state index >= 15 is 0 Å². The van der Waals surface area contributed by atoms with Crippen LogP contribution < -0.4 is 4.90 Å². The van der Waals surface area contributed by atoms with Crippen LogP contribution >= 0.6 is 0 Å². The van der Waals surface area contributed by atoms with Gasteiger partial charge in [-0.15, -0.1) is 0 Å². The fourth-order valence-corrected chi connectivity index (χ4v) is 6.02. The fraction of sp³-hybridized carbons (Fsp3) is 0.243. The third-order valence-corrected chi connectivity index (χ3v) is 8.17. The molecule has 3 aromatic rings. The minimum atomic E-state index is -0.116. The van der Waals surface area contributed by atoms with Gasteiger partial charge in [0.2, 0.25) is 0 Å². The molecule has 0 saturated heterocycles. The maximum absolute atomic E-state index is 4.23. The van der Waals surface area contributed by atoms with E-state index in [4.69, 9.17) is 0 Å². The quantitative estimate of drug-likeness (QED) is 0.314. The molecule has 2 aliphatic carbocycles. The van der Waals surface area contributed by atoms with Crippen LogP contribution in [0.5, 0.6) is 0 Å². The van der Waals surface area contributed by atoms with Gasteiger partial charge in [0.1, 0.15) is 0 Å². The molecule has 0 radical (unpaired) electrons. The average molecular weight is 498 g/mol. The van der Waals surface area contributed by atoms with Crippen molar-refractivity contribution in [3.05, 3.63) is 138 Å². The summed E-state index contributed by atoms with van der Waals surface area (Å²) in [6.07, 6.45) is 13.4. The summed E-state index contributed by atoms with van der Waals surface area (Å²) in [5.74, 6) is 0.561. The van der Waals surface area contributed by atoms with Gasteiger partial charge in [-0.25, -0.2) is 0 Å². The molecule has 3 aromatic carbocycles. The van der Waals surface area contributed by atoms with Crippen molar-refractivity contribution in [1.29, 1.82) is 0 Å². The number of fused-ring (bicyclic) bond motifs is 1. The van der Waals surface area contributed by atoms with Crippen LogP contribution in [-0.2, 0) is 5.41 Å².